The number of likely N-dealkylation sites (N-methyl/N-ethyl adjacent to an activating group) is 1. The summed E-state index contributed by atoms with van der Waals surface area (Å²) in [7, 11) is -1.98. The minimum atomic E-state index is -3.45. The lowest BCUT2D eigenvalue weighted by molar-refractivity contribution is 0.0387. The molecule has 1 aromatic carbocycles. The van der Waals surface area contributed by atoms with Crippen LogP contribution in [0, 0.1) is 19.8 Å². The van der Waals surface area contributed by atoms with Gasteiger partial charge in [-0.25, -0.2) is 17.5 Å². The maximum atomic E-state index is 13.5. The number of aliphatic hydroxyl groups excluding tert-OH is 1. The molecule has 0 spiro atoms. The number of ether oxygens (including phenoxy) is 1. The van der Waals surface area contributed by atoms with Crippen molar-refractivity contribution in [3.63, 3.8) is 0 Å². The third kappa shape index (κ3) is 6.15. The Labute approximate surface area is 210 Å². The number of aliphatic hydroxyl groups is 1. The molecule has 1 aliphatic rings. The molecule has 3 amide bonds. The number of anilines is 2. The Kier molecular flexibility index (Phi) is 8.26. The van der Waals surface area contributed by atoms with E-state index < -0.39 is 28.2 Å². The highest BCUT2D eigenvalue weighted by molar-refractivity contribution is 7.88. The van der Waals surface area contributed by atoms with Crippen LogP contribution in [-0.2, 0) is 10.0 Å². The number of carbonyl (C=O) groups is 2. The van der Waals surface area contributed by atoms with E-state index in [-0.39, 0.29) is 42.8 Å². The van der Waals surface area contributed by atoms with E-state index in [1.165, 1.54) is 22.3 Å². The number of fused-ring (bicyclic) bond motifs is 1. The van der Waals surface area contributed by atoms with Crippen molar-refractivity contribution in [2.45, 2.75) is 39.8 Å². The predicted molar refractivity (Wildman–Crippen MR) is 134 cm³/mol. The van der Waals surface area contributed by atoms with E-state index in [1.807, 2.05) is 6.92 Å². The molecule has 2 aromatic rings. The predicted octanol–water partition coefficient (Wildman–Crippen LogP) is 2.05. The normalized spacial score (nSPS) is 19.2. The highest BCUT2D eigenvalue weighted by Gasteiger charge is 2.34. The lowest BCUT2D eigenvalue weighted by atomic mass is 9.99. The van der Waals surface area contributed by atoms with Gasteiger partial charge in [-0.2, -0.15) is 0 Å². The number of urea groups is 1. The first-order chi connectivity index (χ1) is 16.8. The van der Waals surface area contributed by atoms with Gasteiger partial charge >= 0.3 is 6.03 Å². The molecule has 0 fully saturated rings. The Bertz CT molecular complexity index is 1210. The van der Waals surface area contributed by atoms with Crippen molar-refractivity contribution in [1.29, 1.82) is 0 Å². The lowest BCUT2D eigenvalue weighted by Gasteiger charge is -2.38. The van der Waals surface area contributed by atoms with E-state index in [0.717, 1.165) is 6.26 Å². The summed E-state index contributed by atoms with van der Waals surface area (Å²) in [6, 6.07) is 3.60. The van der Waals surface area contributed by atoms with E-state index in [2.05, 4.69) is 15.8 Å². The van der Waals surface area contributed by atoms with Crippen molar-refractivity contribution in [1.82, 2.24) is 14.4 Å². The first kappa shape index (κ1) is 27.4. The summed E-state index contributed by atoms with van der Waals surface area (Å²) in [5.41, 5.74) is 1.50. The third-order valence-corrected chi connectivity index (χ3v) is 7.48. The molecule has 36 heavy (non-hydrogen) atoms. The molecule has 1 aliphatic heterocycles. The Hall–Kier alpha value is -3.16. The maximum absolute atomic E-state index is 13.5. The summed E-state index contributed by atoms with van der Waals surface area (Å²) in [5.74, 6) is 0.101. The van der Waals surface area contributed by atoms with E-state index in [0.29, 0.717) is 22.8 Å². The minimum Gasteiger partial charge on any atom is -0.488 e. The number of carbonyl (C=O) groups excluding carboxylic acids is 2. The van der Waals surface area contributed by atoms with Crippen LogP contribution < -0.4 is 15.4 Å². The van der Waals surface area contributed by atoms with Gasteiger partial charge in [-0.05, 0) is 39.0 Å². The van der Waals surface area contributed by atoms with E-state index in [1.54, 1.807) is 32.9 Å². The number of nitrogens with zero attached hydrogens (tertiary/aromatic N) is 3. The summed E-state index contributed by atoms with van der Waals surface area (Å²) < 4.78 is 36.4. The second-order valence-electron chi connectivity index (χ2n) is 9.16. The Balaban J connectivity index is 1.92. The molecule has 3 atom stereocenters. The van der Waals surface area contributed by atoms with Crippen LogP contribution in [0.4, 0.5) is 16.2 Å². The van der Waals surface area contributed by atoms with Gasteiger partial charge in [-0.1, -0.05) is 12.1 Å². The van der Waals surface area contributed by atoms with Gasteiger partial charge in [-0.3, -0.25) is 4.79 Å². The smallest absolute Gasteiger partial charge is 0.323 e. The number of rotatable bonds is 7. The fourth-order valence-corrected chi connectivity index (χ4v) is 4.26. The number of hydrogen-bond donors (Lipinski definition) is 3. The monoisotopic (exact) mass is 523 g/mol. The van der Waals surface area contributed by atoms with Gasteiger partial charge in [0, 0.05) is 25.2 Å². The van der Waals surface area contributed by atoms with Crippen LogP contribution >= 0.6 is 0 Å². The van der Waals surface area contributed by atoms with Gasteiger partial charge in [-0.15, -0.1) is 0 Å². The van der Waals surface area contributed by atoms with Crippen LogP contribution in [0.15, 0.2) is 22.7 Å². The summed E-state index contributed by atoms with van der Waals surface area (Å²) >= 11 is 0. The molecule has 3 N–H and O–H groups in total. The molecular weight excluding hydrogens is 490 g/mol. The first-order valence-corrected chi connectivity index (χ1v) is 13.3. The number of aromatic nitrogens is 1. The summed E-state index contributed by atoms with van der Waals surface area (Å²) in [5, 5.41) is 18.9. The molecular formula is C23H33N5O7S. The molecule has 0 bridgehead atoms. The molecule has 13 heteroatoms. The molecule has 198 valence electrons. The second-order valence-corrected chi connectivity index (χ2v) is 11.2. The third-order valence-electron chi connectivity index (χ3n) is 6.20. The number of aryl methyl sites for hydroxylation is 2. The number of nitrogens with one attached hydrogen (secondary N) is 2. The highest BCUT2D eigenvalue weighted by Crippen LogP contribution is 2.31. The van der Waals surface area contributed by atoms with Crippen molar-refractivity contribution in [3.8, 4) is 5.75 Å². The average Bonchev–Trinajstić information content (AvgIpc) is 3.12. The van der Waals surface area contributed by atoms with Crippen molar-refractivity contribution in [3.05, 3.63) is 35.2 Å². The molecule has 0 aliphatic carbocycles. The molecule has 0 unspecified atom stereocenters. The van der Waals surface area contributed by atoms with Crippen LogP contribution in [0.5, 0.6) is 5.75 Å². The number of sulfonamides is 1. The lowest BCUT2D eigenvalue weighted by Crippen LogP contribution is -2.50. The van der Waals surface area contributed by atoms with Crippen LogP contribution in [0.2, 0.25) is 0 Å². The zero-order valence-electron chi connectivity index (χ0n) is 21.2. The van der Waals surface area contributed by atoms with Crippen LogP contribution in [-0.4, -0.2) is 85.0 Å². The minimum absolute atomic E-state index is 0.0782. The molecule has 3 rings (SSSR count). The van der Waals surface area contributed by atoms with E-state index in [9.17, 15) is 23.1 Å². The van der Waals surface area contributed by atoms with Crippen molar-refractivity contribution < 1.29 is 32.4 Å². The van der Waals surface area contributed by atoms with Gasteiger partial charge in [0.15, 0.2) is 5.76 Å². The van der Waals surface area contributed by atoms with E-state index in [4.69, 9.17) is 9.26 Å². The fourth-order valence-electron chi connectivity index (χ4n) is 3.84. The van der Waals surface area contributed by atoms with Gasteiger partial charge < -0.3 is 29.9 Å². The standard InChI is InChI=1S/C23H33N5O7S/c1-13-10-28(14(2)12-29)22(30)18-9-17(24-23(31)25-21-15(3)26-35-16(21)4)7-8-19(18)34-20(13)11-27(5)36(6,32)33/h7-9,13-14,20,29H,10-12H2,1-6H3,(H2,24,25,31)/t13-,14+,20+/m0/s1. The first-order valence-electron chi connectivity index (χ1n) is 11.5. The molecule has 1 aromatic heterocycles. The molecule has 12 nitrogen and oxygen atoms in total. The zero-order chi connectivity index (χ0) is 26.8. The van der Waals surface area contributed by atoms with Gasteiger partial charge in [0.25, 0.3) is 5.91 Å². The Morgan fingerprint density at radius 3 is 2.61 bits per heavy atom. The summed E-state index contributed by atoms with van der Waals surface area (Å²) in [4.78, 5) is 27.6. The fraction of sp³-hybridized carbons (Fsp3) is 0.522. The van der Waals surface area contributed by atoms with Crippen LogP contribution in [0.3, 0.4) is 0 Å². The average molecular weight is 524 g/mol. The second kappa shape index (κ2) is 10.8. The highest BCUT2D eigenvalue weighted by atomic mass is 32.2. The van der Waals surface area contributed by atoms with Gasteiger partial charge in [0.1, 0.15) is 23.2 Å². The van der Waals surface area contributed by atoms with Gasteiger partial charge in [0.05, 0.1) is 31.0 Å². The van der Waals surface area contributed by atoms with Gasteiger partial charge in [0.2, 0.25) is 10.0 Å². The molecule has 0 radical (unpaired) electrons. The SMILES string of the molecule is Cc1noc(C)c1NC(=O)Nc1ccc2c(c1)C(=O)N([C@H](C)CO)C[C@H](C)[C@@H](CN(C)S(C)(=O)=O)O2. The molecule has 0 saturated carbocycles. The Morgan fingerprint density at radius 1 is 1.33 bits per heavy atom. The zero-order valence-corrected chi connectivity index (χ0v) is 22.0. The Morgan fingerprint density at radius 2 is 2.03 bits per heavy atom. The van der Waals surface area contributed by atoms with E-state index >= 15 is 0 Å². The van der Waals surface area contributed by atoms with Crippen molar-refractivity contribution in [2.75, 3.05) is 43.6 Å². The number of amides is 3. The van der Waals surface area contributed by atoms with Crippen molar-refractivity contribution in [2.24, 2.45) is 5.92 Å². The number of benzene rings is 1. The summed E-state index contributed by atoms with van der Waals surface area (Å²) in [6.45, 7) is 7.03. The van der Waals surface area contributed by atoms with Crippen molar-refractivity contribution >= 4 is 33.3 Å². The maximum Gasteiger partial charge on any atom is 0.323 e. The molecule has 0 saturated heterocycles. The summed E-state index contributed by atoms with van der Waals surface area (Å²) in [6.07, 6.45) is 0.552. The number of hydrogen-bond acceptors (Lipinski definition) is 8. The van der Waals surface area contributed by atoms with Crippen LogP contribution in [0.25, 0.3) is 0 Å². The largest absolute Gasteiger partial charge is 0.488 e. The molecule has 2 heterocycles. The quantitative estimate of drug-likeness (QED) is 0.498. The van der Waals surface area contributed by atoms with Crippen LogP contribution in [0.1, 0.15) is 35.7 Å². The topological polar surface area (TPSA) is 154 Å².